The first-order chi connectivity index (χ1) is 4.06. The van der Waals surface area contributed by atoms with Crippen molar-refractivity contribution in [2.24, 2.45) is 0 Å². The molecule has 0 fully saturated rings. The highest BCUT2D eigenvalue weighted by molar-refractivity contribution is 9.09. The molecule has 0 saturated carbocycles. The van der Waals surface area contributed by atoms with Crippen molar-refractivity contribution in [1.29, 1.82) is 0 Å². The van der Waals surface area contributed by atoms with Gasteiger partial charge in [-0.3, -0.25) is 0 Å². The maximum Gasteiger partial charge on any atom is 0.671 e. The van der Waals surface area contributed by atoms with E-state index in [1.807, 2.05) is 0 Å². The fraction of sp³-hybridized carbons (Fsp3) is 1.00. The van der Waals surface area contributed by atoms with E-state index in [0.717, 1.165) is 5.33 Å². The molecule has 0 aliphatic rings. The third-order valence-corrected chi connectivity index (χ3v) is 1.73. The van der Waals surface area contributed by atoms with Gasteiger partial charge in [-0.2, -0.15) is 0 Å². The summed E-state index contributed by atoms with van der Waals surface area (Å²) in [5, 5.41) is 0.720. The number of hydrogen-bond acceptors (Lipinski definition) is 4. The molecule has 0 aromatic rings. The van der Waals surface area contributed by atoms with Crippen LogP contribution >= 0.6 is 15.9 Å². The fourth-order valence-corrected chi connectivity index (χ4v) is 0.911. The zero-order valence-corrected chi connectivity index (χ0v) is 7.34. The molecule has 9 heavy (non-hydrogen) atoms. The smallest absolute Gasteiger partial charge is 0.368 e. The van der Waals surface area contributed by atoms with Crippen molar-refractivity contribution in [2.45, 2.75) is 6.42 Å². The molecular weight excluding hydrogens is 208 g/mol. The van der Waals surface area contributed by atoms with E-state index in [1.165, 1.54) is 0 Å². The summed E-state index contributed by atoms with van der Waals surface area (Å²) >= 11 is 3.11. The average molecular weight is 217 g/mol. The Morgan fingerprint density at radius 3 is 2.22 bits per heavy atom. The first-order valence-corrected chi connectivity index (χ1v) is 5.30. The molecule has 0 saturated heterocycles. The summed E-state index contributed by atoms with van der Waals surface area (Å²) in [6, 6.07) is 0. The molecule has 0 atom stereocenters. The minimum atomic E-state index is -4.22. The van der Waals surface area contributed by atoms with Crippen molar-refractivity contribution in [3.63, 3.8) is 0 Å². The van der Waals surface area contributed by atoms with Crippen LogP contribution in [0.25, 0.3) is 0 Å². The van der Waals surface area contributed by atoms with E-state index >= 15 is 0 Å². The summed E-state index contributed by atoms with van der Waals surface area (Å²) in [6.07, 6.45) is 0.649. The maximum atomic E-state index is 8.26. The van der Waals surface area contributed by atoms with Gasteiger partial charge in [0.15, 0.2) is 0 Å². The summed E-state index contributed by atoms with van der Waals surface area (Å²) < 4.78 is 4.25. The van der Waals surface area contributed by atoms with Crippen molar-refractivity contribution in [2.75, 3.05) is 11.9 Å². The van der Waals surface area contributed by atoms with Crippen molar-refractivity contribution in [3.8, 4) is 0 Å². The Kier molecular flexibility index (Phi) is 4.63. The minimum Gasteiger partial charge on any atom is -0.368 e. The maximum absolute atomic E-state index is 8.26. The summed E-state index contributed by atoms with van der Waals surface area (Å²) in [4.78, 5) is 24.8. The van der Waals surface area contributed by atoms with Gasteiger partial charge in [0, 0.05) is 11.9 Å². The van der Waals surface area contributed by atoms with Crippen LogP contribution < -0.4 is 0 Å². The van der Waals surface area contributed by atoms with Crippen LogP contribution in [0.4, 0.5) is 0 Å². The molecule has 0 radical (unpaired) electrons. The molecule has 0 spiro atoms. The molecular formula is C3H9BrO4Si. The zero-order valence-electron chi connectivity index (χ0n) is 4.75. The molecule has 0 aliphatic carbocycles. The second-order valence-electron chi connectivity index (χ2n) is 1.46. The molecule has 6 heteroatoms. The third kappa shape index (κ3) is 8.54. The molecule has 56 valence electrons. The Hall–Kier alpha value is 0.537. The van der Waals surface area contributed by atoms with Crippen LogP contribution in [0.5, 0.6) is 0 Å². The van der Waals surface area contributed by atoms with E-state index in [-0.39, 0.29) is 6.61 Å². The summed E-state index contributed by atoms with van der Waals surface area (Å²) in [5.74, 6) is 0. The monoisotopic (exact) mass is 216 g/mol. The average Bonchev–Trinajstić information content (AvgIpc) is 1.63. The summed E-state index contributed by atoms with van der Waals surface area (Å²) in [6.45, 7) is 0.168. The molecule has 0 bridgehead atoms. The van der Waals surface area contributed by atoms with E-state index in [9.17, 15) is 0 Å². The topological polar surface area (TPSA) is 69.9 Å². The Morgan fingerprint density at radius 2 is 1.89 bits per heavy atom. The van der Waals surface area contributed by atoms with Crippen molar-refractivity contribution < 1.29 is 18.8 Å². The van der Waals surface area contributed by atoms with E-state index in [0.29, 0.717) is 6.42 Å². The highest BCUT2D eigenvalue weighted by Crippen LogP contribution is 1.93. The number of alkyl halides is 1. The Morgan fingerprint density at radius 1 is 1.33 bits per heavy atom. The highest BCUT2D eigenvalue weighted by Gasteiger charge is 2.29. The molecule has 0 aliphatic heterocycles. The molecule has 0 amide bonds. The number of halogens is 1. The molecule has 0 aromatic heterocycles. The first kappa shape index (κ1) is 9.54. The normalized spacial score (nSPS) is 12.0. The SMILES string of the molecule is O[Si](O)(O)OCCCBr. The van der Waals surface area contributed by atoms with Crippen molar-refractivity contribution in [3.05, 3.63) is 0 Å². The largest absolute Gasteiger partial charge is 0.671 e. The van der Waals surface area contributed by atoms with Crippen LogP contribution in [-0.2, 0) is 4.43 Å². The van der Waals surface area contributed by atoms with Gasteiger partial charge >= 0.3 is 9.05 Å². The van der Waals surface area contributed by atoms with Gasteiger partial charge in [0.05, 0.1) is 0 Å². The van der Waals surface area contributed by atoms with Crippen LogP contribution in [0.3, 0.4) is 0 Å². The van der Waals surface area contributed by atoms with Gasteiger partial charge in [-0.1, -0.05) is 15.9 Å². The predicted octanol–water partition coefficient (Wildman–Crippen LogP) is -0.800. The standard InChI is InChI=1S/C3H9BrO4Si/c4-2-1-3-8-9(5,6)7/h5-7H,1-3H2. The number of rotatable bonds is 4. The molecule has 0 aromatic carbocycles. The molecule has 0 heterocycles. The van der Waals surface area contributed by atoms with Gasteiger partial charge < -0.3 is 18.8 Å². The van der Waals surface area contributed by atoms with E-state index < -0.39 is 9.05 Å². The van der Waals surface area contributed by atoms with E-state index in [1.54, 1.807) is 0 Å². The molecule has 4 nitrogen and oxygen atoms in total. The predicted molar refractivity (Wildman–Crippen MR) is 36.8 cm³/mol. The third-order valence-electron chi connectivity index (χ3n) is 0.574. The van der Waals surface area contributed by atoms with E-state index in [2.05, 4.69) is 20.4 Å². The molecule has 3 N–H and O–H groups in total. The highest BCUT2D eigenvalue weighted by atomic mass is 79.9. The van der Waals surface area contributed by atoms with Crippen molar-refractivity contribution >= 4 is 25.0 Å². The lowest BCUT2D eigenvalue weighted by Gasteiger charge is -2.07. The van der Waals surface area contributed by atoms with Crippen molar-refractivity contribution in [1.82, 2.24) is 0 Å². The van der Waals surface area contributed by atoms with Gasteiger partial charge in [0.25, 0.3) is 0 Å². The second kappa shape index (κ2) is 4.37. The summed E-state index contributed by atoms with van der Waals surface area (Å²) in [7, 11) is -4.22. The van der Waals surface area contributed by atoms with Gasteiger partial charge in [0.1, 0.15) is 0 Å². The minimum absolute atomic E-state index is 0.168. The zero-order chi connectivity index (χ0) is 7.33. The fourth-order valence-electron chi connectivity index (χ4n) is 0.264. The van der Waals surface area contributed by atoms with Crippen LogP contribution in [0.15, 0.2) is 0 Å². The first-order valence-electron chi connectivity index (χ1n) is 2.43. The second-order valence-corrected chi connectivity index (χ2v) is 3.69. The number of hydrogen-bond donors (Lipinski definition) is 3. The lowest BCUT2D eigenvalue weighted by atomic mass is 10.5. The van der Waals surface area contributed by atoms with Crippen LogP contribution in [0.2, 0.25) is 0 Å². The Balaban J connectivity index is 3.07. The molecule has 0 rings (SSSR count). The summed E-state index contributed by atoms with van der Waals surface area (Å²) in [5.41, 5.74) is 0. The van der Waals surface area contributed by atoms with Crippen LogP contribution in [-0.4, -0.2) is 35.4 Å². The van der Waals surface area contributed by atoms with Crippen LogP contribution in [0, 0.1) is 0 Å². The van der Waals surface area contributed by atoms with Crippen LogP contribution in [0.1, 0.15) is 6.42 Å². The Labute approximate surface area is 62.7 Å². The van der Waals surface area contributed by atoms with E-state index in [4.69, 9.17) is 14.4 Å². The van der Waals surface area contributed by atoms with Gasteiger partial charge in [0.2, 0.25) is 0 Å². The van der Waals surface area contributed by atoms with Gasteiger partial charge in [-0.15, -0.1) is 0 Å². The lowest BCUT2D eigenvalue weighted by Crippen LogP contribution is -2.39. The quantitative estimate of drug-likeness (QED) is 0.327. The Bertz CT molecular complexity index is 72.7. The van der Waals surface area contributed by atoms with Gasteiger partial charge in [-0.05, 0) is 6.42 Å². The lowest BCUT2D eigenvalue weighted by molar-refractivity contribution is 0.0639. The van der Waals surface area contributed by atoms with Gasteiger partial charge in [-0.25, -0.2) is 0 Å². The molecule has 0 unspecified atom stereocenters.